The monoisotopic (exact) mass is 284 g/mol. The molecule has 0 aliphatic carbocycles. The molecule has 0 heterocycles. The number of sulfonamides is 1. The lowest BCUT2D eigenvalue weighted by Crippen LogP contribution is -2.35. The summed E-state index contributed by atoms with van der Waals surface area (Å²) in [5.74, 6) is 0.000583. The largest absolute Gasteiger partial charge is 0.326 e. The number of hydrogen-bond acceptors (Lipinski definition) is 3. The van der Waals surface area contributed by atoms with Gasteiger partial charge in [0.1, 0.15) is 0 Å². The van der Waals surface area contributed by atoms with Crippen molar-refractivity contribution in [3.63, 3.8) is 0 Å². The van der Waals surface area contributed by atoms with E-state index in [-0.39, 0.29) is 11.8 Å². The molecule has 0 aromatic heterocycles. The molecule has 0 saturated carbocycles. The lowest BCUT2D eigenvalue weighted by atomic mass is 10.1. The van der Waals surface area contributed by atoms with Crippen LogP contribution in [0.15, 0.2) is 24.3 Å². The average molecular weight is 284 g/mol. The molecule has 4 nitrogen and oxygen atoms in total. The lowest BCUT2D eigenvalue weighted by Gasteiger charge is -2.17. The van der Waals surface area contributed by atoms with Crippen LogP contribution in [0, 0.1) is 0 Å². The number of benzene rings is 1. The molecular weight excluding hydrogens is 260 g/mol. The van der Waals surface area contributed by atoms with Crippen LogP contribution in [0.2, 0.25) is 0 Å². The number of rotatable bonds is 8. The Hall–Kier alpha value is -0.910. The van der Waals surface area contributed by atoms with Gasteiger partial charge in [-0.1, -0.05) is 44.5 Å². The van der Waals surface area contributed by atoms with E-state index >= 15 is 0 Å². The van der Waals surface area contributed by atoms with Gasteiger partial charge in [-0.2, -0.15) is 0 Å². The van der Waals surface area contributed by atoms with Gasteiger partial charge in [0.25, 0.3) is 0 Å². The normalized spacial score (nSPS) is 13.4. The Morgan fingerprint density at radius 2 is 1.84 bits per heavy atom. The van der Waals surface area contributed by atoms with Crippen LogP contribution in [0.25, 0.3) is 0 Å². The lowest BCUT2D eigenvalue weighted by molar-refractivity contribution is 0.512. The maximum Gasteiger partial charge on any atom is 0.216 e. The molecule has 1 rings (SSSR count). The van der Waals surface area contributed by atoms with E-state index in [0.29, 0.717) is 6.54 Å². The number of hydrogen-bond donors (Lipinski definition) is 2. The fourth-order valence-electron chi connectivity index (χ4n) is 2.09. The Morgan fingerprint density at radius 3 is 2.37 bits per heavy atom. The van der Waals surface area contributed by atoms with Gasteiger partial charge in [-0.3, -0.25) is 0 Å². The van der Waals surface area contributed by atoms with Crippen LogP contribution in [-0.4, -0.2) is 14.5 Å². The topological polar surface area (TPSA) is 72.2 Å². The molecule has 0 aliphatic heterocycles. The smallest absolute Gasteiger partial charge is 0.216 e. The van der Waals surface area contributed by atoms with E-state index in [4.69, 9.17) is 5.73 Å². The average Bonchev–Trinajstić information content (AvgIpc) is 2.38. The van der Waals surface area contributed by atoms with E-state index in [1.165, 1.54) is 0 Å². The SMILES string of the molecule is CCCC(CC)NS(=O)(=O)Cc1ccccc1CN. The van der Waals surface area contributed by atoms with Crippen LogP contribution < -0.4 is 10.5 Å². The van der Waals surface area contributed by atoms with Crippen molar-refractivity contribution in [2.75, 3.05) is 0 Å². The Balaban J connectivity index is 2.78. The van der Waals surface area contributed by atoms with Crippen molar-refractivity contribution >= 4 is 10.0 Å². The van der Waals surface area contributed by atoms with Gasteiger partial charge in [0.05, 0.1) is 5.75 Å². The second kappa shape index (κ2) is 7.62. The zero-order chi connectivity index (χ0) is 14.3. The van der Waals surface area contributed by atoms with Crippen LogP contribution in [0.4, 0.5) is 0 Å². The summed E-state index contributed by atoms with van der Waals surface area (Å²) in [5, 5.41) is 0. The zero-order valence-electron chi connectivity index (χ0n) is 11.7. The van der Waals surface area contributed by atoms with Crippen LogP contribution in [-0.2, 0) is 22.3 Å². The Kier molecular flexibility index (Phi) is 6.48. The third kappa shape index (κ3) is 5.30. The van der Waals surface area contributed by atoms with Crippen molar-refractivity contribution < 1.29 is 8.42 Å². The van der Waals surface area contributed by atoms with Gasteiger partial charge in [-0.05, 0) is 24.0 Å². The van der Waals surface area contributed by atoms with Gasteiger partial charge < -0.3 is 5.73 Å². The zero-order valence-corrected chi connectivity index (χ0v) is 12.5. The minimum absolute atomic E-state index is 0.000583. The highest BCUT2D eigenvalue weighted by molar-refractivity contribution is 7.88. The summed E-state index contributed by atoms with van der Waals surface area (Å²) in [6, 6.07) is 7.43. The fraction of sp³-hybridized carbons (Fsp3) is 0.571. The Labute approximate surface area is 116 Å². The first-order valence-electron chi connectivity index (χ1n) is 6.79. The van der Waals surface area contributed by atoms with E-state index in [0.717, 1.165) is 30.4 Å². The first-order valence-corrected chi connectivity index (χ1v) is 8.44. The molecule has 0 bridgehead atoms. The Bertz CT molecular complexity index is 486. The van der Waals surface area contributed by atoms with Crippen molar-refractivity contribution in [3.05, 3.63) is 35.4 Å². The maximum absolute atomic E-state index is 12.2. The van der Waals surface area contributed by atoms with Crippen LogP contribution in [0.5, 0.6) is 0 Å². The van der Waals surface area contributed by atoms with E-state index in [9.17, 15) is 8.42 Å². The second-order valence-corrected chi connectivity index (χ2v) is 6.50. The fourth-order valence-corrected chi connectivity index (χ4v) is 3.66. The quantitative estimate of drug-likeness (QED) is 0.768. The molecular formula is C14H24N2O2S. The predicted molar refractivity (Wildman–Crippen MR) is 79.1 cm³/mol. The van der Waals surface area contributed by atoms with Gasteiger partial charge >= 0.3 is 0 Å². The highest BCUT2D eigenvalue weighted by Gasteiger charge is 2.17. The molecule has 0 radical (unpaired) electrons. The maximum atomic E-state index is 12.2. The summed E-state index contributed by atoms with van der Waals surface area (Å²) in [6.45, 7) is 4.41. The van der Waals surface area contributed by atoms with Crippen molar-refractivity contribution in [2.24, 2.45) is 5.73 Å². The molecule has 5 heteroatoms. The third-order valence-corrected chi connectivity index (χ3v) is 4.54. The van der Waals surface area contributed by atoms with Crippen molar-refractivity contribution in [2.45, 2.75) is 51.4 Å². The summed E-state index contributed by atoms with van der Waals surface area (Å²) < 4.78 is 27.1. The van der Waals surface area contributed by atoms with Crippen LogP contribution in [0.1, 0.15) is 44.2 Å². The number of nitrogens with one attached hydrogen (secondary N) is 1. The van der Waals surface area contributed by atoms with Crippen molar-refractivity contribution in [1.82, 2.24) is 4.72 Å². The molecule has 1 aromatic carbocycles. The molecule has 0 aliphatic rings. The van der Waals surface area contributed by atoms with Gasteiger partial charge in [0, 0.05) is 12.6 Å². The molecule has 19 heavy (non-hydrogen) atoms. The summed E-state index contributed by atoms with van der Waals surface area (Å²) in [5.41, 5.74) is 7.30. The van der Waals surface area contributed by atoms with Gasteiger partial charge in [0.2, 0.25) is 10.0 Å². The van der Waals surface area contributed by atoms with Gasteiger partial charge in [-0.15, -0.1) is 0 Å². The third-order valence-electron chi connectivity index (χ3n) is 3.16. The van der Waals surface area contributed by atoms with E-state index < -0.39 is 10.0 Å². The van der Waals surface area contributed by atoms with Gasteiger partial charge in [0.15, 0.2) is 0 Å². The van der Waals surface area contributed by atoms with Crippen molar-refractivity contribution in [1.29, 1.82) is 0 Å². The first-order chi connectivity index (χ1) is 9.02. The standard InChI is InChI=1S/C14H24N2O2S/c1-3-7-14(4-2)16-19(17,18)11-13-9-6-5-8-12(13)10-15/h5-6,8-9,14,16H,3-4,7,10-11,15H2,1-2H3. The predicted octanol–water partition coefficient (Wildman–Crippen LogP) is 2.14. The summed E-state index contributed by atoms with van der Waals surface area (Å²) in [7, 11) is -3.31. The number of nitrogens with two attached hydrogens (primary N) is 1. The highest BCUT2D eigenvalue weighted by atomic mass is 32.2. The Morgan fingerprint density at radius 1 is 1.21 bits per heavy atom. The summed E-state index contributed by atoms with van der Waals surface area (Å²) in [6.07, 6.45) is 2.65. The van der Waals surface area contributed by atoms with E-state index in [1.54, 1.807) is 0 Å². The van der Waals surface area contributed by atoms with E-state index in [1.807, 2.05) is 31.2 Å². The van der Waals surface area contributed by atoms with Crippen LogP contribution >= 0.6 is 0 Å². The van der Waals surface area contributed by atoms with E-state index in [2.05, 4.69) is 11.6 Å². The van der Waals surface area contributed by atoms with Crippen LogP contribution in [0.3, 0.4) is 0 Å². The molecule has 1 atom stereocenters. The molecule has 1 aromatic rings. The molecule has 0 spiro atoms. The highest BCUT2D eigenvalue weighted by Crippen LogP contribution is 2.13. The molecule has 108 valence electrons. The molecule has 1 unspecified atom stereocenters. The molecule has 0 saturated heterocycles. The van der Waals surface area contributed by atoms with Gasteiger partial charge in [-0.25, -0.2) is 13.1 Å². The summed E-state index contributed by atoms with van der Waals surface area (Å²) in [4.78, 5) is 0. The second-order valence-electron chi connectivity index (χ2n) is 4.74. The molecule has 0 amide bonds. The molecule has 3 N–H and O–H groups in total. The molecule has 0 fully saturated rings. The minimum atomic E-state index is -3.31. The minimum Gasteiger partial charge on any atom is -0.326 e. The first kappa shape index (κ1) is 16.1. The van der Waals surface area contributed by atoms with Crippen molar-refractivity contribution in [3.8, 4) is 0 Å². The summed E-state index contributed by atoms with van der Waals surface area (Å²) >= 11 is 0.